The van der Waals surface area contributed by atoms with Crippen molar-refractivity contribution in [2.24, 2.45) is 0 Å². The van der Waals surface area contributed by atoms with Crippen molar-refractivity contribution < 1.29 is 0 Å². The van der Waals surface area contributed by atoms with Gasteiger partial charge in [0.1, 0.15) is 0 Å². The van der Waals surface area contributed by atoms with Crippen LogP contribution in [0.1, 0.15) is 22.4 Å². The quantitative estimate of drug-likeness (QED) is 0.468. The Balaban J connectivity index is 1.59. The molecule has 5 rings (SSSR count). The third kappa shape index (κ3) is 2.91. The van der Waals surface area contributed by atoms with Crippen LogP contribution in [0.15, 0.2) is 78.9 Å². The van der Waals surface area contributed by atoms with Gasteiger partial charge in [-0.05, 0) is 42.7 Å². The lowest BCUT2D eigenvalue weighted by molar-refractivity contribution is 0.668. The number of rotatable bonds is 3. The average molecular weight is 352 g/mol. The average Bonchev–Trinajstić information content (AvgIpc) is 3.04. The van der Waals surface area contributed by atoms with Crippen LogP contribution in [0.5, 0.6) is 0 Å². The number of aryl methyl sites for hydroxylation is 1. The normalized spacial score (nSPS) is 13.7. The van der Waals surface area contributed by atoms with E-state index in [1.807, 2.05) is 0 Å². The molecule has 0 bridgehead atoms. The van der Waals surface area contributed by atoms with Crippen molar-refractivity contribution in [3.63, 3.8) is 0 Å². The van der Waals surface area contributed by atoms with E-state index in [9.17, 15) is 0 Å². The second kappa shape index (κ2) is 6.62. The van der Waals surface area contributed by atoms with E-state index < -0.39 is 0 Å². The zero-order chi connectivity index (χ0) is 18.2. The van der Waals surface area contributed by atoms with Gasteiger partial charge < -0.3 is 9.47 Å². The van der Waals surface area contributed by atoms with Crippen LogP contribution in [0.25, 0.3) is 10.9 Å². The van der Waals surface area contributed by atoms with Gasteiger partial charge in [0, 0.05) is 35.4 Å². The summed E-state index contributed by atoms with van der Waals surface area (Å²) >= 11 is 0. The third-order valence-electron chi connectivity index (χ3n) is 5.75. The Kier molecular flexibility index (Phi) is 3.97. The van der Waals surface area contributed by atoms with E-state index in [1.165, 1.54) is 39.0 Å². The smallest absolute Gasteiger partial charge is 0.0585 e. The van der Waals surface area contributed by atoms with Crippen LogP contribution in [0.3, 0.4) is 0 Å². The number of nitrogens with zero attached hydrogens (tertiary/aromatic N) is 2. The first-order valence-corrected chi connectivity index (χ1v) is 9.74. The van der Waals surface area contributed by atoms with E-state index in [0.717, 1.165) is 26.1 Å². The minimum Gasteiger partial charge on any atom is -0.365 e. The second-order valence-electron chi connectivity index (χ2n) is 7.52. The highest BCUT2D eigenvalue weighted by Crippen LogP contribution is 2.33. The molecule has 2 heteroatoms. The van der Waals surface area contributed by atoms with Gasteiger partial charge in [0.05, 0.1) is 6.54 Å². The Morgan fingerprint density at radius 2 is 1.56 bits per heavy atom. The van der Waals surface area contributed by atoms with Crippen LogP contribution in [-0.2, 0) is 19.5 Å². The van der Waals surface area contributed by atoms with Gasteiger partial charge >= 0.3 is 0 Å². The number of hydrogen-bond donors (Lipinski definition) is 0. The Hall–Kier alpha value is -3.00. The summed E-state index contributed by atoms with van der Waals surface area (Å²) in [4.78, 5) is 2.51. The molecule has 3 aromatic carbocycles. The molecule has 1 aliphatic rings. The van der Waals surface area contributed by atoms with E-state index in [-0.39, 0.29) is 0 Å². The SMILES string of the molecule is Cc1ccc(Cn2c3c(c4ccccc42)CCN(c2ccccc2)C3)cc1. The highest BCUT2D eigenvalue weighted by Gasteiger charge is 2.24. The Labute approximate surface area is 160 Å². The Morgan fingerprint density at radius 1 is 0.815 bits per heavy atom. The zero-order valence-electron chi connectivity index (χ0n) is 15.7. The molecule has 0 atom stereocenters. The summed E-state index contributed by atoms with van der Waals surface area (Å²) < 4.78 is 2.53. The minimum atomic E-state index is 0.929. The van der Waals surface area contributed by atoms with Gasteiger partial charge in [-0.25, -0.2) is 0 Å². The monoisotopic (exact) mass is 352 g/mol. The minimum absolute atomic E-state index is 0.929. The van der Waals surface area contributed by atoms with E-state index >= 15 is 0 Å². The predicted molar refractivity (Wildman–Crippen MR) is 113 cm³/mol. The molecule has 0 aliphatic carbocycles. The predicted octanol–water partition coefficient (Wildman–Crippen LogP) is 5.56. The van der Waals surface area contributed by atoms with Crippen molar-refractivity contribution in [2.45, 2.75) is 26.4 Å². The molecule has 134 valence electrons. The molecular formula is C25H24N2. The van der Waals surface area contributed by atoms with E-state index in [2.05, 4.69) is 95.3 Å². The van der Waals surface area contributed by atoms with E-state index in [4.69, 9.17) is 0 Å². The molecule has 0 unspecified atom stereocenters. The number of fused-ring (bicyclic) bond motifs is 3. The largest absolute Gasteiger partial charge is 0.365 e. The van der Waals surface area contributed by atoms with Gasteiger partial charge in [0.2, 0.25) is 0 Å². The lowest BCUT2D eigenvalue weighted by Gasteiger charge is -2.30. The molecule has 0 radical (unpaired) electrons. The molecule has 2 nitrogen and oxygen atoms in total. The number of anilines is 1. The Bertz CT molecular complexity index is 1070. The summed E-state index contributed by atoms with van der Waals surface area (Å²) in [6.45, 7) is 5.13. The Morgan fingerprint density at radius 3 is 2.37 bits per heavy atom. The maximum Gasteiger partial charge on any atom is 0.0585 e. The first kappa shape index (κ1) is 16.2. The number of hydrogen-bond acceptors (Lipinski definition) is 1. The highest BCUT2D eigenvalue weighted by molar-refractivity contribution is 5.86. The van der Waals surface area contributed by atoms with Crippen LogP contribution >= 0.6 is 0 Å². The van der Waals surface area contributed by atoms with Crippen LogP contribution in [0.2, 0.25) is 0 Å². The van der Waals surface area contributed by atoms with Crippen molar-refractivity contribution in [3.8, 4) is 0 Å². The molecule has 27 heavy (non-hydrogen) atoms. The van der Waals surface area contributed by atoms with Gasteiger partial charge in [-0.15, -0.1) is 0 Å². The number of benzene rings is 3. The molecule has 2 heterocycles. The van der Waals surface area contributed by atoms with Gasteiger partial charge in [0.15, 0.2) is 0 Å². The summed E-state index contributed by atoms with van der Waals surface area (Å²) in [5.74, 6) is 0. The molecule has 4 aromatic rings. The van der Waals surface area contributed by atoms with Crippen LogP contribution in [0.4, 0.5) is 5.69 Å². The van der Waals surface area contributed by atoms with Gasteiger partial charge in [0.25, 0.3) is 0 Å². The fraction of sp³-hybridized carbons (Fsp3) is 0.200. The maximum absolute atomic E-state index is 2.53. The van der Waals surface area contributed by atoms with Crippen LogP contribution in [-0.4, -0.2) is 11.1 Å². The molecule has 0 saturated carbocycles. The van der Waals surface area contributed by atoms with E-state index in [1.54, 1.807) is 0 Å². The molecule has 0 fully saturated rings. The molecule has 1 aliphatic heterocycles. The molecule has 0 N–H and O–H groups in total. The number of aromatic nitrogens is 1. The summed E-state index contributed by atoms with van der Waals surface area (Å²) in [5.41, 5.74) is 8.35. The topological polar surface area (TPSA) is 8.17 Å². The zero-order valence-corrected chi connectivity index (χ0v) is 15.7. The number of para-hydroxylation sites is 2. The molecule has 0 spiro atoms. The van der Waals surface area contributed by atoms with Gasteiger partial charge in [-0.2, -0.15) is 0 Å². The van der Waals surface area contributed by atoms with Gasteiger partial charge in [-0.1, -0.05) is 66.2 Å². The van der Waals surface area contributed by atoms with Crippen molar-refractivity contribution in [3.05, 3.63) is 101 Å². The van der Waals surface area contributed by atoms with Crippen molar-refractivity contribution in [2.75, 3.05) is 11.4 Å². The highest BCUT2D eigenvalue weighted by atomic mass is 15.2. The summed E-state index contributed by atoms with van der Waals surface area (Å²) in [7, 11) is 0. The first-order chi connectivity index (χ1) is 13.3. The molecular weight excluding hydrogens is 328 g/mol. The van der Waals surface area contributed by atoms with Crippen molar-refractivity contribution >= 4 is 16.6 Å². The molecule has 0 amide bonds. The summed E-state index contributed by atoms with van der Waals surface area (Å²) in [6.07, 6.45) is 1.10. The second-order valence-corrected chi connectivity index (χ2v) is 7.52. The molecule has 1 aromatic heterocycles. The molecule has 0 saturated heterocycles. The third-order valence-corrected chi connectivity index (χ3v) is 5.75. The summed E-state index contributed by atoms with van der Waals surface area (Å²) in [6, 6.07) is 28.6. The fourth-order valence-electron chi connectivity index (χ4n) is 4.31. The lowest BCUT2D eigenvalue weighted by Crippen LogP contribution is -2.31. The van der Waals surface area contributed by atoms with Crippen LogP contribution < -0.4 is 4.90 Å². The van der Waals surface area contributed by atoms with E-state index in [0.29, 0.717) is 0 Å². The lowest BCUT2D eigenvalue weighted by atomic mass is 10.0. The van der Waals surface area contributed by atoms with Gasteiger partial charge in [-0.3, -0.25) is 0 Å². The first-order valence-electron chi connectivity index (χ1n) is 9.74. The standard InChI is InChI=1S/C25H24N2/c1-19-11-13-20(14-12-19)17-27-24-10-6-5-9-22(24)23-15-16-26(18-25(23)27)21-7-3-2-4-8-21/h2-14H,15-18H2,1H3. The summed E-state index contributed by atoms with van der Waals surface area (Å²) in [5, 5.41) is 1.42. The van der Waals surface area contributed by atoms with Crippen LogP contribution in [0, 0.1) is 6.92 Å². The maximum atomic E-state index is 2.53. The van der Waals surface area contributed by atoms with Crippen molar-refractivity contribution in [1.29, 1.82) is 0 Å². The van der Waals surface area contributed by atoms with Crippen molar-refractivity contribution in [1.82, 2.24) is 4.57 Å². The fourth-order valence-corrected chi connectivity index (χ4v) is 4.31.